The van der Waals surface area contributed by atoms with Crippen LogP contribution in [0.1, 0.15) is 6.42 Å². The largest absolute Gasteiger partial charge is 0.455 e. The molecule has 2 amide bonds. The Morgan fingerprint density at radius 3 is 2.50 bits per heavy atom. The molecular formula is C19H15Cl2N3O6. The Morgan fingerprint density at radius 1 is 1.17 bits per heavy atom. The molecule has 0 aromatic heterocycles. The SMILES string of the molecule is O=C(COC(=O)[C@H]1CC(=O)N(c2ccc([N+](=O)[O-])cc2)C1)Nc1ccc(Cl)c(Cl)c1. The van der Waals surface area contributed by atoms with Gasteiger partial charge in [-0.3, -0.25) is 24.5 Å². The topological polar surface area (TPSA) is 119 Å². The van der Waals surface area contributed by atoms with Crippen LogP contribution in [0.15, 0.2) is 42.5 Å². The van der Waals surface area contributed by atoms with Gasteiger partial charge in [-0.05, 0) is 30.3 Å². The number of benzene rings is 2. The zero-order valence-corrected chi connectivity index (χ0v) is 16.9. The van der Waals surface area contributed by atoms with Crippen LogP contribution >= 0.6 is 23.2 Å². The van der Waals surface area contributed by atoms with Crippen molar-refractivity contribution in [1.29, 1.82) is 0 Å². The van der Waals surface area contributed by atoms with Gasteiger partial charge in [0.1, 0.15) is 0 Å². The number of carbonyl (C=O) groups is 3. The zero-order chi connectivity index (χ0) is 21.8. The summed E-state index contributed by atoms with van der Waals surface area (Å²) in [5.74, 6) is -2.31. The Morgan fingerprint density at radius 2 is 1.87 bits per heavy atom. The van der Waals surface area contributed by atoms with Gasteiger partial charge in [0.25, 0.3) is 11.6 Å². The number of hydrogen-bond acceptors (Lipinski definition) is 6. The molecule has 1 heterocycles. The van der Waals surface area contributed by atoms with E-state index in [2.05, 4.69) is 5.32 Å². The van der Waals surface area contributed by atoms with E-state index in [-0.39, 0.29) is 29.6 Å². The van der Waals surface area contributed by atoms with Crippen LogP contribution in [0.25, 0.3) is 0 Å². The number of nitro benzene ring substituents is 1. The first-order valence-electron chi connectivity index (χ1n) is 8.71. The molecule has 0 spiro atoms. The molecule has 3 rings (SSSR count). The van der Waals surface area contributed by atoms with Crippen molar-refractivity contribution in [2.24, 2.45) is 5.92 Å². The molecule has 0 bridgehead atoms. The van der Waals surface area contributed by atoms with Gasteiger partial charge in [0, 0.05) is 36.5 Å². The molecule has 30 heavy (non-hydrogen) atoms. The molecule has 156 valence electrons. The molecule has 9 nitrogen and oxygen atoms in total. The van der Waals surface area contributed by atoms with E-state index >= 15 is 0 Å². The molecule has 1 aliphatic rings. The van der Waals surface area contributed by atoms with E-state index in [1.807, 2.05) is 0 Å². The van der Waals surface area contributed by atoms with Gasteiger partial charge < -0.3 is 15.0 Å². The van der Waals surface area contributed by atoms with Crippen LogP contribution in [0.5, 0.6) is 0 Å². The summed E-state index contributed by atoms with van der Waals surface area (Å²) in [6.45, 7) is -0.467. The maximum atomic E-state index is 12.3. The number of anilines is 2. The van der Waals surface area contributed by atoms with Crippen molar-refractivity contribution in [3.05, 3.63) is 62.6 Å². The van der Waals surface area contributed by atoms with Crippen LogP contribution in [-0.4, -0.2) is 35.9 Å². The van der Waals surface area contributed by atoms with Gasteiger partial charge >= 0.3 is 5.97 Å². The third-order valence-corrected chi connectivity index (χ3v) is 5.12. The Balaban J connectivity index is 1.53. The number of amides is 2. The van der Waals surface area contributed by atoms with Crippen molar-refractivity contribution in [3.63, 3.8) is 0 Å². The molecule has 1 aliphatic heterocycles. The van der Waals surface area contributed by atoms with Crippen molar-refractivity contribution in [1.82, 2.24) is 0 Å². The monoisotopic (exact) mass is 451 g/mol. The lowest BCUT2D eigenvalue weighted by Gasteiger charge is -2.16. The lowest BCUT2D eigenvalue weighted by Crippen LogP contribution is -2.28. The maximum absolute atomic E-state index is 12.3. The highest BCUT2D eigenvalue weighted by Crippen LogP contribution is 2.28. The number of carbonyl (C=O) groups excluding carboxylic acids is 3. The standard InChI is InChI=1S/C19H15Cl2N3O6/c20-15-6-1-12(8-16(15)21)22-17(25)10-30-19(27)11-7-18(26)23(9-11)13-2-4-14(5-3-13)24(28)29/h1-6,8,11H,7,9-10H2,(H,22,25)/t11-/m0/s1. The van der Waals surface area contributed by atoms with Crippen molar-refractivity contribution in [3.8, 4) is 0 Å². The van der Waals surface area contributed by atoms with E-state index in [1.165, 1.54) is 41.3 Å². The molecule has 0 saturated carbocycles. The Hall–Kier alpha value is -3.17. The summed E-state index contributed by atoms with van der Waals surface area (Å²) in [5, 5.41) is 13.9. The number of ether oxygens (including phenoxy) is 1. The molecule has 2 aromatic carbocycles. The van der Waals surface area contributed by atoms with Crippen LogP contribution in [0.2, 0.25) is 10.0 Å². The second kappa shape index (κ2) is 9.10. The minimum absolute atomic E-state index is 0.0594. The van der Waals surface area contributed by atoms with Crippen LogP contribution in [0, 0.1) is 16.0 Å². The summed E-state index contributed by atoms with van der Waals surface area (Å²) in [7, 11) is 0. The summed E-state index contributed by atoms with van der Waals surface area (Å²) < 4.78 is 5.02. The molecule has 1 fully saturated rings. The Labute approximate surface area is 180 Å². The van der Waals surface area contributed by atoms with E-state index in [1.54, 1.807) is 6.07 Å². The molecule has 1 atom stereocenters. The van der Waals surface area contributed by atoms with Crippen molar-refractivity contribution < 1.29 is 24.0 Å². The van der Waals surface area contributed by atoms with Gasteiger partial charge in [-0.25, -0.2) is 0 Å². The number of esters is 1. The van der Waals surface area contributed by atoms with Crippen molar-refractivity contribution in [2.75, 3.05) is 23.4 Å². The number of nitrogens with zero attached hydrogens (tertiary/aromatic N) is 2. The predicted molar refractivity (Wildman–Crippen MR) is 110 cm³/mol. The van der Waals surface area contributed by atoms with Gasteiger partial charge in [0.15, 0.2) is 6.61 Å². The zero-order valence-electron chi connectivity index (χ0n) is 15.3. The fourth-order valence-corrected chi connectivity index (χ4v) is 3.19. The molecule has 0 unspecified atom stereocenters. The van der Waals surface area contributed by atoms with Crippen molar-refractivity contribution >= 4 is 58.0 Å². The van der Waals surface area contributed by atoms with E-state index in [9.17, 15) is 24.5 Å². The molecule has 0 radical (unpaired) electrons. The minimum atomic E-state index is -0.745. The Kier molecular flexibility index (Phi) is 6.53. The number of hydrogen-bond donors (Lipinski definition) is 1. The lowest BCUT2D eigenvalue weighted by atomic mass is 10.1. The molecule has 1 N–H and O–H groups in total. The third-order valence-electron chi connectivity index (χ3n) is 4.38. The van der Waals surface area contributed by atoms with E-state index in [0.29, 0.717) is 16.4 Å². The number of non-ortho nitro benzene ring substituents is 1. The summed E-state index contributed by atoms with van der Waals surface area (Å²) in [6, 6.07) is 9.96. The summed E-state index contributed by atoms with van der Waals surface area (Å²) in [4.78, 5) is 48.0. The molecule has 11 heteroatoms. The normalized spacial score (nSPS) is 15.7. The Bertz CT molecular complexity index is 1010. The summed E-state index contributed by atoms with van der Waals surface area (Å²) in [6.07, 6.45) is -0.0791. The first-order chi connectivity index (χ1) is 14.2. The number of halogens is 2. The number of rotatable bonds is 6. The van der Waals surface area contributed by atoms with Crippen LogP contribution in [0.4, 0.5) is 17.1 Å². The average molecular weight is 452 g/mol. The summed E-state index contributed by atoms with van der Waals surface area (Å²) in [5.41, 5.74) is 0.735. The molecule has 0 aliphatic carbocycles. The van der Waals surface area contributed by atoms with Gasteiger partial charge in [-0.2, -0.15) is 0 Å². The smallest absolute Gasteiger partial charge is 0.311 e. The number of nitro groups is 1. The molecule has 2 aromatic rings. The highest BCUT2D eigenvalue weighted by atomic mass is 35.5. The average Bonchev–Trinajstić information content (AvgIpc) is 3.11. The first kappa shape index (κ1) is 21.5. The molecular weight excluding hydrogens is 437 g/mol. The second-order valence-corrected chi connectivity index (χ2v) is 7.28. The van der Waals surface area contributed by atoms with Gasteiger partial charge in [0.2, 0.25) is 5.91 Å². The lowest BCUT2D eigenvalue weighted by molar-refractivity contribution is -0.384. The molecule has 1 saturated heterocycles. The van der Waals surface area contributed by atoms with E-state index in [0.717, 1.165) is 0 Å². The van der Waals surface area contributed by atoms with Gasteiger partial charge in [-0.15, -0.1) is 0 Å². The fourth-order valence-electron chi connectivity index (χ4n) is 2.89. The highest BCUT2D eigenvalue weighted by molar-refractivity contribution is 6.42. The van der Waals surface area contributed by atoms with Gasteiger partial charge in [0.05, 0.1) is 20.9 Å². The van der Waals surface area contributed by atoms with Gasteiger partial charge in [-0.1, -0.05) is 23.2 Å². The number of nitrogens with one attached hydrogen (secondary N) is 1. The maximum Gasteiger partial charge on any atom is 0.311 e. The minimum Gasteiger partial charge on any atom is -0.455 e. The van der Waals surface area contributed by atoms with Crippen LogP contribution < -0.4 is 10.2 Å². The fraction of sp³-hybridized carbons (Fsp3) is 0.211. The quantitative estimate of drug-likeness (QED) is 0.408. The van der Waals surface area contributed by atoms with Crippen LogP contribution in [0.3, 0.4) is 0 Å². The third kappa shape index (κ3) is 5.05. The van der Waals surface area contributed by atoms with E-state index < -0.39 is 29.3 Å². The summed E-state index contributed by atoms with van der Waals surface area (Å²) >= 11 is 11.7. The van der Waals surface area contributed by atoms with Crippen molar-refractivity contribution in [2.45, 2.75) is 6.42 Å². The van der Waals surface area contributed by atoms with Crippen LogP contribution in [-0.2, 0) is 19.1 Å². The first-order valence-corrected chi connectivity index (χ1v) is 9.46. The highest BCUT2D eigenvalue weighted by Gasteiger charge is 2.36. The second-order valence-electron chi connectivity index (χ2n) is 6.46. The van der Waals surface area contributed by atoms with E-state index in [4.69, 9.17) is 27.9 Å². The predicted octanol–water partition coefficient (Wildman–Crippen LogP) is 3.44.